The minimum absolute atomic E-state index is 0.358. The molecule has 0 bridgehead atoms. The number of nitrogens with two attached hydrogens (primary N) is 1. The molecule has 1 aliphatic carbocycles. The first-order valence-electron chi connectivity index (χ1n) is 7.21. The smallest absolute Gasteiger partial charge is 0.0470 e. The molecule has 3 unspecified atom stereocenters. The summed E-state index contributed by atoms with van der Waals surface area (Å²) in [4.78, 5) is 2.51. The summed E-state index contributed by atoms with van der Waals surface area (Å²) in [6.45, 7) is 3.09. The number of rotatable bonds is 4. The number of benzene rings is 1. The fourth-order valence-corrected chi connectivity index (χ4v) is 3.35. The molecule has 3 atom stereocenters. The summed E-state index contributed by atoms with van der Waals surface area (Å²) in [6, 6.07) is 11.7. The number of hydrogen-bond acceptors (Lipinski definition) is 2. The average molecular weight is 246 g/mol. The van der Waals surface area contributed by atoms with Gasteiger partial charge in [-0.1, -0.05) is 50.1 Å². The van der Waals surface area contributed by atoms with Crippen LogP contribution in [0.3, 0.4) is 0 Å². The van der Waals surface area contributed by atoms with Gasteiger partial charge in [-0.15, -0.1) is 0 Å². The van der Waals surface area contributed by atoms with Gasteiger partial charge < -0.3 is 5.73 Å². The Morgan fingerprint density at radius 2 is 1.89 bits per heavy atom. The maximum Gasteiger partial charge on any atom is 0.0470 e. The van der Waals surface area contributed by atoms with E-state index in [4.69, 9.17) is 5.73 Å². The lowest BCUT2D eigenvalue weighted by Crippen LogP contribution is -2.43. The molecule has 1 fully saturated rings. The lowest BCUT2D eigenvalue weighted by Gasteiger charge is -2.40. The largest absolute Gasteiger partial charge is 0.329 e. The van der Waals surface area contributed by atoms with Gasteiger partial charge in [0.1, 0.15) is 0 Å². The lowest BCUT2D eigenvalue weighted by molar-refractivity contribution is 0.0992. The molecule has 1 saturated carbocycles. The predicted octanol–water partition coefficient (Wildman–Crippen LogP) is 3.20. The van der Waals surface area contributed by atoms with E-state index in [9.17, 15) is 0 Å². The van der Waals surface area contributed by atoms with Gasteiger partial charge in [0, 0.05) is 18.6 Å². The molecule has 2 heteroatoms. The molecule has 0 heterocycles. The van der Waals surface area contributed by atoms with Gasteiger partial charge in [0.05, 0.1) is 0 Å². The molecule has 0 saturated heterocycles. The maximum absolute atomic E-state index is 6.02. The Bertz CT molecular complexity index is 349. The van der Waals surface area contributed by atoms with Crippen LogP contribution in [0.1, 0.15) is 44.2 Å². The van der Waals surface area contributed by atoms with Gasteiger partial charge in [-0.3, -0.25) is 4.90 Å². The van der Waals surface area contributed by atoms with Crippen LogP contribution in [0, 0.1) is 5.92 Å². The second-order valence-corrected chi connectivity index (χ2v) is 5.66. The highest BCUT2D eigenvalue weighted by Gasteiger charge is 2.29. The first kappa shape index (κ1) is 13.6. The van der Waals surface area contributed by atoms with E-state index in [0.717, 1.165) is 5.92 Å². The molecular weight excluding hydrogens is 220 g/mol. The second-order valence-electron chi connectivity index (χ2n) is 5.66. The fourth-order valence-electron chi connectivity index (χ4n) is 3.35. The minimum atomic E-state index is 0.358. The van der Waals surface area contributed by atoms with Crippen molar-refractivity contribution in [3.8, 4) is 0 Å². The fraction of sp³-hybridized carbons (Fsp3) is 0.625. The summed E-state index contributed by atoms with van der Waals surface area (Å²) >= 11 is 0. The van der Waals surface area contributed by atoms with E-state index in [2.05, 4.69) is 49.2 Å². The van der Waals surface area contributed by atoms with Crippen LogP contribution in [-0.4, -0.2) is 24.5 Å². The molecule has 1 aromatic carbocycles. The Balaban J connectivity index is 2.12. The predicted molar refractivity (Wildman–Crippen MR) is 77.4 cm³/mol. The zero-order valence-electron chi connectivity index (χ0n) is 11.7. The Hall–Kier alpha value is -0.860. The van der Waals surface area contributed by atoms with E-state index in [1.807, 2.05) is 0 Å². The summed E-state index contributed by atoms with van der Waals surface area (Å²) < 4.78 is 0. The van der Waals surface area contributed by atoms with Gasteiger partial charge in [0.2, 0.25) is 0 Å². The van der Waals surface area contributed by atoms with E-state index < -0.39 is 0 Å². The zero-order valence-corrected chi connectivity index (χ0v) is 11.7. The number of likely N-dealkylation sites (N-methyl/N-ethyl adjacent to an activating group) is 1. The number of nitrogens with zero attached hydrogens (tertiary/aromatic N) is 1. The Morgan fingerprint density at radius 1 is 1.22 bits per heavy atom. The third-order valence-corrected chi connectivity index (χ3v) is 4.49. The molecule has 0 aliphatic heterocycles. The monoisotopic (exact) mass is 246 g/mol. The molecule has 1 aliphatic rings. The van der Waals surface area contributed by atoms with Gasteiger partial charge in [-0.05, 0) is 31.4 Å². The van der Waals surface area contributed by atoms with Gasteiger partial charge in [-0.25, -0.2) is 0 Å². The number of hydrogen-bond donors (Lipinski definition) is 1. The second kappa shape index (κ2) is 6.35. The zero-order chi connectivity index (χ0) is 13.0. The molecular formula is C16H26N2. The van der Waals surface area contributed by atoms with Crippen LogP contribution in [0.25, 0.3) is 0 Å². The van der Waals surface area contributed by atoms with Gasteiger partial charge in [-0.2, -0.15) is 0 Å². The van der Waals surface area contributed by atoms with Crippen molar-refractivity contribution in [2.45, 2.75) is 44.7 Å². The van der Waals surface area contributed by atoms with E-state index in [1.165, 1.54) is 31.2 Å². The molecule has 2 N–H and O–H groups in total. The van der Waals surface area contributed by atoms with Crippen LogP contribution >= 0.6 is 0 Å². The minimum Gasteiger partial charge on any atom is -0.329 e. The molecule has 100 valence electrons. The van der Waals surface area contributed by atoms with Gasteiger partial charge >= 0.3 is 0 Å². The molecule has 0 amide bonds. The highest BCUT2D eigenvalue weighted by atomic mass is 15.2. The Morgan fingerprint density at radius 3 is 2.50 bits per heavy atom. The van der Waals surface area contributed by atoms with Crippen molar-refractivity contribution in [1.82, 2.24) is 4.90 Å². The van der Waals surface area contributed by atoms with Crippen molar-refractivity contribution in [2.24, 2.45) is 11.7 Å². The highest BCUT2D eigenvalue weighted by molar-refractivity contribution is 5.19. The van der Waals surface area contributed by atoms with Gasteiger partial charge in [0.25, 0.3) is 0 Å². The van der Waals surface area contributed by atoms with Crippen LogP contribution in [0.5, 0.6) is 0 Å². The van der Waals surface area contributed by atoms with Crippen LogP contribution < -0.4 is 5.73 Å². The van der Waals surface area contributed by atoms with Gasteiger partial charge in [0.15, 0.2) is 0 Å². The summed E-state index contributed by atoms with van der Waals surface area (Å²) in [6.07, 6.45) is 5.44. The lowest BCUT2D eigenvalue weighted by atomic mass is 9.84. The third kappa shape index (κ3) is 2.93. The molecule has 0 spiro atoms. The molecule has 1 aromatic rings. The van der Waals surface area contributed by atoms with Crippen molar-refractivity contribution >= 4 is 0 Å². The summed E-state index contributed by atoms with van der Waals surface area (Å²) in [7, 11) is 2.25. The standard InChI is InChI=1S/C16H26N2/c1-13-8-6-7-11-15(13)18(2)16(12-17)14-9-4-3-5-10-14/h3-5,9-10,13,15-16H,6-8,11-12,17H2,1-2H3. The van der Waals surface area contributed by atoms with Crippen molar-refractivity contribution in [3.05, 3.63) is 35.9 Å². The van der Waals surface area contributed by atoms with Crippen molar-refractivity contribution in [3.63, 3.8) is 0 Å². The van der Waals surface area contributed by atoms with Crippen molar-refractivity contribution in [1.29, 1.82) is 0 Å². The summed E-state index contributed by atoms with van der Waals surface area (Å²) in [5, 5.41) is 0. The maximum atomic E-state index is 6.02. The van der Waals surface area contributed by atoms with Crippen molar-refractivity contribution in [2.75, 3.05) is 13.6 Å². The molecule has 0 aromatic heterocycles. The van der Waals surface area contributed by atoms with E-state index in [-0.39, 0.29) is 0 Å². The Kier molecular flexibility index (Phi) is 4.79. The van der Waals surface area contributed by atoms with Crippen molar-refractivity contribution < 1.29 is 0 Å². The van der Waals surface area contributed by atoms with Crippen LogP contribution in [0.4, 0.5) is 0 Å². The topological polar surface area (TPSA) is 29.3 Å². The van der Waals surface area contributed by atoms with E-state index in [1.54, 1.807) is 0 Å². The normalized spacial score (nSPS) is 26.2. The van der Waals surface area contributed by atoms with Crippen LogP contribution in [-0.2, 0) is 0 Å². The molecule has 0 radical (unpaired) electrons. The summed E-state index contributed by atoms with van der Waals surface area (Å²) in [5.41, 5.74) is 7.36. The first-order valence-corrected chi connectivity index (χ1v) is 7.21. The SMILES string of the molecule is CC1CCCCC1N(C)C(CN)c1ccccc1. The first-order chi connectivity index (χ1) is 8.74. The van der Waals surface area contributed by atoms with Crippen LogP contribution in [0.15, 0.2) is 30.3 Å². The van der Waals surface area contributed by atoms with Crippen LogP contribution in [0.2, 0.25) is 0 Å². The third-order valence-electron chi connectivity index (χ3n) is 4.49. The molecule has 18 heavy (non-hydrogen) atoms. The summed E-state index contributed by atoms with van der Waals surface area (Å²) in [5.74, 6) is 0.793. The molecule has 2 rings (SSSR count). The van der Waals surface area contributed by atoms with E-state index >= 15 is 0 Å². The highest BCUT2D eigenvalue weighted by Crippen LogP contribution is 2.32. The molecule has 2 nitrogen and oxygen atoms in total. The Labute approximate surface area is 111 Å². The quantitative estimate of drug-likeness (QED) is 0.884. The average Bonchev–Trinajstić information content (AvgIpc) is 2.41. The van der Waals surface area contributed by atoms with E-state index in [0.29, 0.717) is 18.6 Å².